The molecule has 0 radical (unpaired) electrons. The molecular formula is C12H21N3O. The molecule has 0 spiro atoms. The minimum absolute atomic E-state index is 0.700. The fourth-order valence-corrected chi connectivity index (χ4v) is 2.40. The van der Waals surface area contributed by atoms with E-state index in [-0.39, 0.29) is 0 Å². The number of aryl methyl sites for hydroxylation is 1. The van der Waals surface area contributed by atoms with Crippen LogP contribution in [0.25, 0.3) is 0 Å². The first-order valence-electron chi connectivity index (χ1n) is 6.39. The lowest BCUT2D eigenvalue weighted by Crippen LogP contribution is -2.38. The summed E-state index contributed by atoms with van der Waals surface area (Å²) in [5, 5.41) is 3.94. The van der Waals surface area contributed by atoms with Crippen molar-refractivity contribution in [3.63, 3.8) is 0 Å². The van der Waals surface area contributed by atoms with Crippen molar-refractivity contribution in [2.45, 2.75) is 58.5 Å². The molecule has 4 nitrogen and oxygen atoms in total. The topological polar surface area (TPSA) is 42.2 Å². The summed E-state index contributed by atoms with van der Waals surface area (Å²) in [5.41, 5.74) is 0. The quantitative estimate of drug-likeness (QED) is 0.786. The van der Waals surface area contributed by atoms with Crippen molar-refractivity contribution in [2.75, 3.05) is 6.54 Å². The molecule has 0 aromatic carbocycles. The summed E-state index contributed by atoms with van der Waals surface area (Å²) in [6.45, 7) is 6.30. The van der Waals surface area contributed by atoms with Gasteiger partial charge in [0.2, 0.25) is 5.89 Å². The van der Waals surface area contributed by atoms with E-state index in [1.807, 2.05) is 6.92 Å². The van der Waals surface area contributed by atoms with Gasteiger partial charge in [-0.3, -0.25) is 4.90 Å². The summed E-state index contributed by atoms with van der Waals surface area (Å²) >= 11 is 0. The van der Waals surface area contributed by atoms with Gasteiger partial charge in [-0.05, 0) is 25.8 Å². The lowest BCUT2D eigenvalue weighted by molar-refractivity contribution is 0.120. The summed E-state index contributed by atoms with van der Waals surface area (Å²) < 4.78 is 5.25. The van der Waals surface area contributed by atoms with Gasteiger partial charge in [0.1, 0.15) is 0 Å². The average molecular weight is 223 g/mol. The van der Waals surface area contributed by atoms with Crippen LogP contribution in [-0.2, 0) is 13.0 Å². The van der Waals surface area contributed by atoms with Crippen LogP contribution in [0.1, 0.15) is 51.2 Å². The van der Waals surface area contributed by atoms with Crippen molar-refractivity contribution in [2.24, 2.45) is 0 Å². The van der Waals surface area contributed by atoms with Crippen molar-refractivity contribution >= 4 is 0 Å². The van der Waals surface area contributed by atoms with Crippen molar-refractivity contribution in [1.82, 2.24) is 15.0 Å². The van der Waals surface area contributed by atoms with Crippen LogP contribution < -0.4 is 0 Å². The smallest absolute Gasteiger partial charge is 0.240 e. The molecule has 2 rings (SSSR count). The van der Waals surface area contributed by atoms with Crippen LogP contribution in [0.4, 0.5) is 0 Å². The number of nitrogens with zero attached hydrogens (tertiary/aromatic N) is 3. The highest BCUT2D eigenvalue weighted by atomic mass is 16.5. The molecule has 1 aliphatic rings. The van der Waals surface area contributed by atoms with E-state index in [0.717, 1.165) is 24.7 Å². The fraction of sp³-hybridized carbons (Fsp3) is 0.833. The molecule has 16 heavy (non-hydrogen) atoms. The molecule has 1 fully saturated rings. The first-order valence-corrected chi connectivity index (χ1v) is 6.39. The monoisotopic (exact) mass is 223 g/mol. The molecule has 0 bridgehead atoms. The number of hydrogen-bond acceptors (Lipinski definition) is 4. The third-order valence-corrected chi connectivity index (χ3v) is 3.39. The highest BCUT2D eigenvalue weighted by Gasteiger charge is 2.22. The van der Waals surface area contributed by atoms with Gasteiger partial charge in [-0.25, -0.2) is 0 Å². The standard InChI is InChI=1S/C12H21N3O/c1-3-10-7-5-6-8-15(10)9-12-13-11(4-2)14-16-12/h10H,3-9H2,1-2H3/t10-/m1/s1. The van der Waals surface area contributed by atoms with Crippen LogP contribution in [0.2, 0.25) is 0 Å². The largest absolute Gasteiger partial charge is 0.338 e. The third kappa shape index (κ3) is 2.61. The maximum atomic E-state index is 5.25. The molecular weight excluding hydrogens is 202 g/mol. The van der Waals surface area contributed by atoms with Gasteiger partial charge in [-0.1, -0.05) is 25.4 Å². The molecule has 0 aliphatic carbocycles. The predicted octanol–water partition coefficient (Wildman–Crippen LogP) is 2.40. The summed E-state index contributed by atoms with van der Waals surface area (Å²) in [6.07, 6.45) is 6.03. The highest BCUT2D eigenvalue weighted by molar-refractivity contribution is 4.87. The number of likely N-dealkylation sites (tertiary alicyclic amines) is 1. The molecule has 2 heterocycles. The minimum atomic E-state index is 0.700. The molecule has 1 aromatic rings. The summed E-state index contributed by atoms with van der Waals surface area (Å²) in [5.74, 6) is 1.59. The van der Waals surface area contributed by atoms with E-state index < -0.39 is 0 Å². The Morgan fingerprint density at radius 2 is 2.25 bits per heavy atom. The maximum absolute atomic E-state index is 5.25. The Hall–Kier alpha value is -0.900. The van der Waals surface area contributed by atoms with Crippen molar-refractivity contribution in [3.8, 4) is 0 Å². The maximum Gasteiger partial charge on any atom is 0.240 e. The van der Waals surface area contributed by atoms with Crippen molar-refractivity contribution < 1.29 is 4.52 Å². The normalized spacial score (nSPS) is 22.5. The molecule has 0 unspecified atom stereocenters. The number of rotatable bonds is 4. The molecule has 0 amide bonds. The summed E-state index contributed by atoms with van der Waals surface area (Å²) in [6, 6.07) is 0.700. The van der Waals surface area contributed by atoms with Crippen LogP contribution in [0.3, 0.4) is 0 Å². The van der Waals surface area contributed by atoms with Gasteiger partial charge >= 0.3 is 0 Å². The molecule has 1 aliphatic heterocycles. The summed E-state index contributed by atoms with van der Waals surface area (Å²) in [4.78, 5) is 6.85. The highest BCUT2D eigenvalue weighted by Crippen LogP contribution is 2.21. The van der Waals surface area contributed by atoms with Gasteiger partial charge in [-0.15, -0.1) is 0 Å². The Morgan fingerprint density at radius 3 is 2.94 bits per heavy atom. The van der Waals surface area contributed by atoms with E-state index in [4.69, 9.17) is 4.52 Å². The lowest BCUT2D eigenvalue weighted by atomic mass is 10.0. The van der Waals surface area contributed by atoms with Gasteiger partial charge in [0.25, 0.3) is 0 Å². The first kappa shape index (κ1) is 11.6. The molecule has 0 saturated carbocycles. The molecule has 1 aromatic heterocycles. The Labute approximate surface area is 97.0 Å². The van der Waals surface area contributed by atoms with Crippen LogP contribution >= 0.6 is 0 Å². The Bertz CT molecular complexity index is 324. The zero-order valence-corrected chi connectivity index (χ0v) is 10.3. The van der Waals surface area contributed by atoms with E-state index in [1.54, 1.807) is 0 Å². The van der Waals surface area contributed by atoms with E-state index in [1.165, 1.54) is 32.2 Å². The number of hydrogen-bond donors (Lipinski definition) is 0. The van der Waals surface area contributed by atoms with E-state index in [0.29, 0.717) is 6.04 Å². The lowest BCUT2D eigenvalue weighted by Gasteiger charge is -2.33. The number of aromatic nitrogens is 2. The average Bonchev–Trinajstić information content (AvgIpc) is 2.77. The molecule has 1 atom stereocenters. The van der Waals surface area contributed by atoms with E-state index in [9.17, 15) is 0 Å². The molecule has 4 heteroatoms. The Morgan fingerprint density at radius 1 is 1.38 bits per heavy atom. The zero-order valence-electron chi connectivity index (χ0n) is 10.3. The molecule has 0 N–H and O–H groups in total. The molecule has 90 valence electrons. The third-order valence-electron chi connectivity index (χ3n) is 3.39. The van der Waals surface area contributed by atoms with Crippen LogP contribution in [0.15, 0.2) is 4.52 Å². The second-order valence-electron chi connectivity index (χ2n) is 4.49. The Balaban J connectivity index is 1.96. The van der Waals surface area contributed by atoms with E-state index in [2.05, 4.69) is 22.0 Å². The minimum Gasteiger partial charge on any atom is -0.338 e. The van der Waals surface area contributed by atoms with Gasteiger partial charge in [0, 0.05) is 12.5 Å². The van der Waals surface area contributed by atoms with Crippen molar-refractivity contribution in [3.05, 3.63) is 11.7 Å². The van der Waals surface area contributed by atoms with Gasteiger partial charge in [0.05, 0.1) is 6.54 Å². The van der Waals surface area contributed by atoms with Crippen LogP contribution in [0, 0.1) is 0 Å². The first-order chi connectivity index (χ1) is 7.83. The van der Waals surface area contributed by atoms with Gasteiger partial charge < -0.3 is 4.52 Å². The molecule has 1 saturated heterocycles. The Kier molecular flexibility index (Phi) is 3.93. The predicted molar refractivity (Wildman–Crippen MR) is 62.0 cm³/mol. The van der Waals surface area contributed by atoms with Crippen molar-refractivity contribution in [1.29, 1.82) is 0 Å². The number of piperidine rings is 1. The van der Waals surface area contributed by atoms with Gasteiger partial charge in [0.15, 0.2) is 5.82 Å². The van der Waals surface area contributed by atoms with Gasteiger partial charge in [-0.2, -0.15) is 4.98 Å². The van der Waals surface area contributed by atoms with Crippen LogP contribution in [-0.4, -0.2) is 27.6 Å². The second kappa shape index (κ2) is 5.43. The fourth-order valence-electron chi connectivity index (χ4n) is 2.40. The zero-order chi connectivity index (χ0) is 11.4. The second-order valence-corrected chi connectivity index (χ2v) is 4.49. The SMILES string of the molecule is CCc1noc(CN2CCCC[C@H]2CC)n1. The van der Waals surface area contributed by atoms with Crippen LogP contribution in [0.5, 0.6) is 0 Å². The summed E-state index contributed by atoms with van der Waals surface area (Å²) in [7, 11) is 0. The van der Waals surface area contributed by atoms with E-state index >= 15 is 0 Å².